The van der Waals surface area contributed by atoms with Gasteiger partial charge in [0.1, 0.15) is 11.5 Å². The highest BCUT2D eigenvalue weighted by Gasteiger charge is 2.07. The van der Waals surface area contributed by atoms with Crippen molar-refractivity contribution in [2.75, 3.05) is 30.4 Å². The van der Waals surface area contributed by atoms with Crippen LogP contribution in [0.15, 0.2) is 48.5 Å². The average molecular weight is 413 g/mol. The van der Waals surface area contributed by atoms with Crippen LogP contribution in [0.3, 0.4) is 0 Å². The molecular formula is C25H36N2O3. The molecule has 1 amide bonds. The van der Waals surface area contributed by atoms with Crippen molar-refractivity contribution in [2.45, 2.75) is 52.9 Å². The molecule has 5 heteroatoms. The number of hydrogen-bond acceptors (Lipinski definition) is 4. The van der Waals surface area contributed by atoms with Gasteiger partial charge in [-0.25, -0.2) is 0 Å². The van der Waals surface area contributed by atoms with Gasteiger partial charge in [0.25, 0.3) is 0 Å². The molecule has 0 aliphatic carbocycles. The number of nitrogens with one attached hydrogen (secondary N) is 2. The van der Waals surface area contributed by atoms with Crippen LogP contribution in [0.25, 0.3) is 0 Å². The highest BCUT2D eigenvalue weighted by molar-refractivity contribution is 5.94. The summed E-state index contributed by atoms with van der Waals surface area (Å²) in [5.41, 5.74) is 1.57. The van der Waals surface area contributed by atoms with Gasteiger partial charge in [-0.1, -0.05) is 58.6 Å². The minimum atomic E-state index is -0.113. The van der Waals surface area contributed by atoms with E-state index in [0.29, 0.717) is 12.5 Å². The minimum Gasteiger partial charge on any atom is -0.494 e. The Kier molecular flexibility index (Phi) is 10.6. The van der Waals surface area contributed by atoms with Gasteiger partial charge >= 0.3 is 0 Å². The molecule has 0 aliphatic heterocycles. The van der Waals surface area contributed by atoms with E-state index in [4.69, 9.17) is 9.47 Å². The van der Waals surface area contributed by atoms with Crippen LogP contribution in [0.2, 0.25) is 0 Å². The van der Waals surface area contributed by atoms with Gasteiger partial charge in [-0.15, -0.1) is 0 Å². The third-order valence-corrected chi connectivity index (χ3v) is 4.55. The normalized spacial score (nSPS) is 10.7. The van der Waals surface area contributed by atoms with Gasteiger partial charge in [0, 0.05) is 5.69 Å². The largest absolute Gasteiger partial charge is 0.494 e. The summed E-state index contributed by atoms with van der Waals surface area (Å²) < 4.78 is 11.6. The molecule has 0 saturated heterocycles. The van der Waals surface area contributed by atoms with Gasteiger partial charge in [-0.05, 0) is 48.7 Å². The zero-order valence-electron chi connectivity index (χ0n) is 18.6. The van der Waals surface area contributed by atoms with Crippen molar-refractivity contribution in [3.8, 4) is 11.5 Å². The number of unbranched alkanes of at least 4 members (excludes halogenated alkanes) is 4. The highest BCUT2D eigenvalue weighted by atomic mass is 16.5. The topological polar surface area (TPSA) is 59.6 Å². The van der Waals surface area contributed by atoms with Gasteiger partial charge < -0.3 is 20.1 Å². The number of benzene rings is 2. The summed E-state index contributed by atoms with van der Waals surface area (Å²) in [5, 5.41) is 6.06. The molecule has 0 atom stereocenters. The van der Waals surface area contributed by atoms with E-state index in [9.17, 15) is 4.79 Å². The molecule has 0 aliphatic rings. The number of para-hydroxylation sites is 2. The lowest BCUT2D eigenvalue weighted by Gasteiger charge is -2.14. The molecule has 0 heterocycles. The van der Waals surface area contributed by atoms with E-state index < -0.39 is 0 Å². The summed E-state index contributed by atoms with van der Waals surface area (Å²) in [6.07, 6.45) is 6.10. The summed E-state index contributed by atoms with van der Waals surface area (Å²) in [5.74, 6) is 1.92. The Hall–Kier alpha value is -2.69. The number of amides is 1. The van der Waals surface area contributed by atoms with Crippen molar-refractivity contribution in [3.05, 3.63) is 48.5 Å². The van der Waals surface area contributed by atoms with Crippen LogP contribution in [-0.2, 0) is 4.79 Å². The number of rotatable bonds is 14. The maximum Gasteiger partial charge on any atom is 0.243 e. The standard InChI is InChI=1S/C25H36N2O3/c1-4-5-6-7-10-17-29-22-15-13-21(14-16-22)27-25(28)18-26-23-11-8-9-12-24(23)30-19-20(2)3/h8-9,11-16,20,26H,4-7,10,17-19H2,1-3H3,(H,27,28). The minimum absolute atomic E-state index is 0.113. The van der Waals surface area contributed by atoms with Crippen LogP contribution >= 0.6 is 0 Å². The number of anilines is 2. The molecule has 30 heavy (non-hydrogen) atoms. The third kappa shape index (κ3) is 9.21. The van der Waals surface area contributed by atoms with Gasteiger partial charge in [-0.2, -0.15) is 0 Å². The smallest absolute Gasteiger partial charge is 0.243 e. The molecule has 0 unspecified atom stereocenters. The summed E-state index contributed by atoms with van der Waals surface area (Å²) in [6, 6.07) is 15.2. The molecule has 2 aromatic rings. The predicted octanol–water partition coefficient (Wildman–Crippen LogP) is 6.12. The molecule has 2 N–H and O–H groups in total. The molecule has 0 fully saturated rings. The Morgan fingerprint density at radius 2 is 1.67 bits per heavy atom. The number of carbonyl (C=O) groups excluding carboxylic acids is 1. The van der Waals surface area contributed by atoms with Crippen LogP contribution in [0.5, 0.6) is 11.5 Å². The van der Waals surface area contributed by atoms with Crippen LogP contribution in [0.1, 0.15) is 52.9 Å². The van der Waals surface area contributed by atoms with Crippen LogP contribution < -0.4 is 20.1 Å². The van der Waals surface area contributed by atoms with E-state index in [2.05, 4.69) is 31.4 Å². The molecule has 0 radical (unpaired) electrons. The Morgan fingerprint density at radius 1 is 0.933 bits per heavy atom. The van der Waals surface area contributed by atoms with Crippen LogP contribution in [0.4, 0.5) is 11.4 Å². The lowest BCUT2D eigenvalue weighted by molar-refractivity contribution is -0.114. The van der Waals surface area contributed by atoms with Gasteiger partial charge in [0.05, 0.1) is 25.4 Å². The molecule has 0 spiro atoms. The third-order valence-electron chi connectivity index (χ3n) is 4.55. The van der Waals surface area contributed by atoms with E-state index >= 15 is 0 Å². The Morgan fingerprint density at radius 3 is 2.40 bits per heavy atom. The molecule has 0 saturated carbocycles. The first-order valence-corrected chi connectivity index (χ1v) is 11.1. The quantitative estimate of drug-likeness (QED) is 0.367. The van der Waals surface area contributed by atoms with Crippen molar-refractivity contribution in [3.63, 3.8) is 0 Å². The Labute approximate surface area is 181 Å². The lowest BCUT2D eigenvalue weighted by Crippen LogP contribution is -2.22. The average Bonchev–Trinajstić information content (AvgIpc) is 2.75. The fraction of sp³-hybridized carbons (Fsp3) is 0.480. The first-order valence-electron chi connectivity index (χ1n) is 11.1. The molecule has 164 valence electrons. The fourth-order valence-corrected chi connectivity index (χ4v) is 2.91. The van der Waals surface area contributed by atoms with Crippen molar-refractivity contribution in [1.82, 2.24) is 0 Å². The monoisotopic (exact) mass is 412 g/mol. The molecule has 0 bridgehead atoms. The predicted molar refractivity (Wildman–Crippen MR) is 125 cm³/mol. The molecule has 5 nitrogen and oxygen atoms in total. The molecule has 2 aromatic carbocycles. The van der Waals surface area contributed by atoms with Crippen LogP contribution in [0, 0.1) is 5.92 Å². The second-order valence-electron chi connectivity index (χ2n) is 7.89. The summed E-state index contributed by atoms with van der Waals surface area (Å²) in [6.45, 7) is 7.96. The van der Waals surface area contributed by atoms with E-state index in [-0.39, 0.29) is 12.5 Å². The van der Waals surface area contributed by atoms with Gasteiger partial charge in [0.2, 0.25) is 5.91 Å². The first-order chi connectivity index (χ1) is 14.6. The second kappa shape index (κ2) is 13.5. The second-order valence-corrected chi connectivity index (χ2v) is 7.89. The van der Waals surface area contributed by atoms with Crippen molar-refractivity contribution < 1.29 is 14.3 Å². The zero-order valence-corrected chi connectivity index (χ0v) is 18.6. The van der Waals surface area contributed by atoms with E-state index in [1.165, 1.54) is 25.7 Å². The van der Waals surface area contributed by atoms with E-state index in [0.717, 1.165) is 35.9 Å². The highest BCUT2D eigenvalue weighted by Crippen LogP contribution is 2.24. The molecular weight excluding hydrogens is 376 g/mol. The summed E-state index contributed by atoms with van der Waals surface area (Å²) in [7, 11) is 0. The van der Waals surface area contributed by atoms with Crippen molar-refractivity contribution in [1.29, 1.82) is 0 Å². The SMILES string of the molecule is CCCCCCCOc1ccc(NC(=O)CNc2ccccc2OCC(C)C)cc1. The number of hydrogen-bond donors (Lipinski definition) is 2. The summed E-state index contributed by atoms with van der Waals surface area (Å²) >= 11 is 0. The molecule has 0 aromatic heterocycles. The summed E-state index contributed by atoms with van der Waals surface area (Å²) in [4.78, 5) is 12.3. The van der Waals surface area contributed by atoms with Gasteiger partial charge in [-0.3, -0.25) is 4.79 Å². The molecule has 2 rings (SSSR count). The van der Waals surface area contributed by atoms with Gasteiger partial charge in [0.15, 0.2) is 0 Å². The van der Waals surface area contributed by atoms with E-state index in [1.54, 1.807) is 0 Å². The zero-order chi connectivity index (χ0) is 21.6. The maximum atomic E-state index is 12.3. The van der Waals surface area contributed by atoms with E-state index in [1.807, 2.05) is 48.5 Å². The number of carbonyl (C=O) groups is 1. The van der Waals surface area contributed by atoms with Crippen molar-refractivity contribution >= 4 is 17.3 Å². The lowest BCUT2D eigenvalue weighted by atomic mass is 10.2. The van der Waals surface area contributed by atoms with Crippen LogP contribution in [-0.4, -0.2) is 25.7 Å². The first kappa shape index (κ1) is 23.6. The maximum absolute atomic E-state index is 12.3. The Bertz CT molecular complexity index is 744. The van der Waals surface area contributed by atoms with Crippen molar-refractivity contribution in [2.24, 2.45) is 5.92 Å². The Balaban J connectivity index is 1.74. The fourth-order valence-electron chi connectivity index (χ4n) is 2.91. The number of ether oxygens (including phenoxy) is 2.